The normalized spacial score (nSPS) is 20.3. The molecule has 1 saturated heterocycles. The first kappa shape index (κ1) is 13.9. The van der Waals surface area contributed by atoms with Crippen LogP contribution in [0, 0.1) is 0 Å². The molecule has 0 saturated carbocycles. The maximum Gasteiger partial charge on any atom is 0.417 e. The van der Waals surface area contributed by atoms with Crippen LogP contribution in [0.4, 0.5) is 13.2 Å². The minimum Gasteiger partial charge on any atom is -0.366 e. The summed E-state index contributed by atoms with van der Waals surface area (Å²) in [7, 11) is 0. The first-order chi connectivity index (χ1) is 8.89. The number of rotatable bonds is 2. The zero-order valence-corrected chi connectivity index (χ0v) is 10.3. The summed E-state index contributed by atoms with van der Waals surface area (Å²) in [5.74, 6) is -1.05. The maximum atomic E-state index is 12.8. The Hall–Kier alpha value is -1.56. The molecule has 0 spiro atoms. The summed E-state index contributed by atoms with van der Waals surface area (Å²) < 4.78 is 38.3. The van der Waals surface area contributed by atoms with Gasteiger partial charge in [-0.15, -0.1) is 0 Å². The van der Waals surface area contributed by atoms with E-state index in [4.69, 9.17) is 5.73 Å². The number of carbonyl (C=O) groups excluding carboxylic acids is 1. The zero-order chi connectivity index (χ0) is 14.0. The lowest BCUT2D eigenvalue weighted by molar-refractivity contribution is -0.137. The fourth-order valence-electron chi connectivity index (χ4n) is 2.37. The third-order valence-electron chi connectivity index (χ3n) is 3.33. The highest BCUT2D eigenvalue weighted by Crippen LogP contribution is 2.34. The Kier molecular flexibility index (Phi) is 3.80. The minimum atomic E-state index is -4.57. The van der Waals surface area contributed by atoms with Crippen molar-refractivity contribution < 1.29 is 18.0 Å². The van der Waals surface area contributed by atoms with Crippen LogP contribution in [0.2, 0.25) is 0 Å². The lowest BCUT2D eigenvalue weighted by atomic mass is 9.94. The number of primary amides is 1. The van der Waals surface area contributed by atoms with E-state index in [2.05, 4.69) is 5.32 Å². The topological polar surface area (TPSA) is 55.1 Å². The second-order valence-electron chi connectivity index (χ2n) is 4.67. The molecule has 3 nitrogen and oxygen atoms in total. The van der Waals surface area contributed by atoms with Crippen molar-refractivity contribution in [2.24, 2.45) is 5.73 Å². The Morgan fingerprint density at radius 3 is 2.58 bits per heavy atom. The second kappa shape index (κ2) is 5.21. The number of nitrogens with two attached hydrogens (primary N) is 1. The van der Waals surface area contributed by atoms with Crippen molar-refractivity contribution >= 4 is 5.91 Å². The predicted octanol–water partition coefficient (Wildman–Crippen LogP) is 2.62. The smallest absolute Gasteiger partial charge is 0.366 e. The molecular formula is C13H15F3N2O. The molecule has 1 fully saturated rings. The van der Waals surface area contributed by atoms with Gasteiger partial charge < -0.3 is 11.1 Å². The molecule has 2 rings (SSSR count). The van der Waals surface area contributed by atoms with Gasteiger partial charge >= 0.3 is 6.18 Å². The van der Waals surface area contributed by atoms with Crippen LogP contribution in [-0.4, -0.2) is 12.5 Å². The number of carbonyl (C=O) groups is 1. The average molecular weight is 272 g/mol. The molecule has 3 N–H and O–H groups in total. The molecule has 1 heterocycles. The Balaban J connectivity index is 2.38. The van der Waals surface area contributed by atoms with Crippen molar-refractivity contribution in [3.05, 3.63) is 34.9 Å². The lowest BCUT2D eigenvalue weighted by Gasteiger charge is -2.24. The van der Waals surface area contributed by atoms with Gasteiger partial charge in [0.05, 0.1) is 11.1 Å². The van der Waals surface area contributed by atoms with E-state index < -0.39 is 23.2 Å². The molecule has 19 heavy (non-hydrogen) atoms. The zero-order valence-electron chi connectivity index (χ0n) is 10.3. The van der Waals surface area contributed by atoms with Gasteiger partial charge in [0.1, 0.15) is 0 Å². The lowest BCUT2D eigenvalue weighted by Crippen LogP contribution is -2.27. The number of alkyl halides is 3. The number of hydrogen-bond donors (Lipinski definition) is 2. The molecule has 1 aromatic carbocycles. The standard InChI is InChI=1S/C13H15F3N2O/c14-13(15,16)10-5-4-8(7-9(10)12(17)19)11-3-1-2-6-18-11/h4-5,7,11,18H,1-3,6H2,(H2,17,19). The van der Waals surface area contributed by atoms with E-state index in [1.54, 1.807) is 0 Å². The largest absolute Gasteiger partial charge is 0.417 e. The molecule has 1 amide bonds. The summed E-state index contributed by atoms with van der Waals surface area (Å²) in [6, 6.07) is 3.60. The van der Waals surface area contributed by atoms with Crippen LogP contribution in [0.25, 0.3) is 0 Å². The number of halogens is 3. The van der Waals surface area contributed by atoms with Gasteiger partial charge in [-0.05, 0) is 37.1 Å². The highest BCUT2D eigenvalue weighted by Gasteiger charge is 2.35. The number of nitrogens with one attached hydrogen (secondary N) is 1. The van der Waals surface area contributed by atoms with Gasteiger partial charge in [-0.3, -0.25) is 4.79 Å². The van der Waals surface area contributed by atoms with Crippen LogP contribution in [0.5, 0.6) is 0 Å². The Morgan fingerprint density at radius 2 is 2.05 bits per heavy atom. The number of amides is 1. The van der Waals surface area contributed by atoms with Gasteiger partial charge in [-0.25, -0.2) is 0 Å². The third-order valence-corrected chi connectivity index (χ3v) is 3.33. The van der Waals surface area contributed by atoms with E-state index in [9.17, 15) is 18.0 Å². The van der Waals surface area contributed by atoms with Crippen LogP contribution in [0.3, 0.4) is 0 Å². The minimum absolute atomic E-state index is 0.00543. The Labute approximate surface area is 109 Å². The number of benzene rings is 1. The highest BCUT2D eigenvalue weighted by atomic mass is 19.4. The van der Waals surface area contributed by atoms with E-state index in [1.807, 2.05) is 0 Å². The summed E-state index contributed by atoms with van der Waals surface area (Å²) in [4.78, 5) is 11.2. The first-order valence-electron chi connectivity index (χ1n) is 6.14. The summed E-state index contributed by atoms with van der Waals surface area (Å²) in [6.07, 6.45) is -1.64. The van der Waals surface area contributed by atoms with E-state index in [0.29, 0.717) is 5.56 Å². The highest BCUT2D eigenvalue weighted by molar-refractivity contribution is 5.94. The van der Waals surface area contributed by atoms with Gasteiger partial charge in [0.2, 0.25) is 5.91 Å². The molecule has 0 radical (unpaired) electrons. The first-order valence-corrected chi connectivity index (χ1v) is 6.14. The van der Waals surface area contributed by atoms with Gasteiger partial charge in [-0.2, -0.15) is 13.2 Å². The van der Waals surface area contributed by atoms with Crippen molar-refractivity contribution in [3.8, 4) is 0 Å². The molecular weight excluding hydrogens is 257 g/mol. The monoisotopic (exact) mass is 272 g/mol. The summed E-state index contributed by atoms with van der Waals surface area (Å²) >= 11 is 0. The summed E-state index contributed by atoms with van der Waals surface area (Å²) in [6.45, 7) is 0.831. The van der Waals surface area contributed by atoms with Crippen molar-refractivity contribution in [3.63, 3.8) is 0 Å². The van der Waals surface area contributed by atoms with Crippen molar-refractivity contribution in [2.75, 3.05) is 6.54 Å². The Bertz CT molecular complexity index is 479. The van der Waals surface area contributed by atoms with Crippen LogP contribution in [0.1, 0.15) is 46.8 Å². The molecule has 1 aliphatic heterocycles. The summed E-state index contributed by atoms with van der Waals surface area (Å²) in [5, 5.41) is 3.23. The molecule has 0 aliphatic carbocycles. The quantitative estimate of drug-likeness (QED) is 0.869. The van der Waals surface area contributed by atoms with Gasteiger partial charge in [0.25, 0.3) is 0 Å². The van der Waals surface area contributed by atoms with Gasteiger partial charge in [-0.1, -0.05) is 12.5 Å². The SMILES string of the molecule is NC(=O)c1cc(C2CCCCN2)ccc1C(F)(F)F. The van der Waals surface area contributed by atoms with Crippen LogP contribution >= 0.6 is 0 Å². The molecule has 0 bridgehead atoms. The maximum absolute atomic E-state index is 12.8. The van der Waals surface area contributed by atoms with E-state index in [1.165, 1.54) is 12.1 Å². The van der Waals surface area contributed by atoms with Crippen LogP contribution in [0.15, 0.2) is 18.2 Å². The molecule has 0 aromatic heterocycles. The van der Waals surface area contributed by atoms with E-state index in [-0.39, 0.29) is 6.04 Å². The van der Waals surface area contributed by atoms with E-state index in [0.717, 1.165) is 31.9 Å². The average Bonchev–Trinajstić information content (AvgIpc) is 2.38. The molecule has 104 valence electrons. The Morgan fingerprint density at radius 1 is 1.32 bits per heavy atom. The fourth-order valence-corrected chi connectivity index (χ4v) is 2.37. The van der Waals surface area contributed by atoms with Crippen molar-refractivity contribution in [1.29, 1.82) is 0 Å². The molecule has 1 atom stereocenters. The van der Waals surface area contributed by atoms with E-state index >= 15 is 0 Å². The number of piperidine rings is 1. The molecule has 1 aromatic rings. The molecule has 1 aliphatic rings. The van der Waals surface area contributed by atoms with Gasteiger partial charge in [0, 0.05) is 6.04 Å². The van der Waals surface area contributed by atoms with Crippen LogP contribution < -0.4 is 11.1 Å². The summed E-state index contributed by atoms with van der Waals surface area (Å²) in [5.41, 5.74) is 4.30. The molecule has 1 unspecified atom stereocenters. The van der Waals surface area contributed by atoms with Crippen molar-refractivity contribution in [2.45, 2.75) is 31.5 Å². The van der Waals surface area contributed by atoms with Crippen molar-refractivity contribution in [1.82, 2.24) is 5.32 Å². The fraction of sp³-hybridized carbons (Fsp3) is 0.462. The predicted molar refractivity (Wildman–Crippen MR) is 64.6 cm³/mol. The third kappa shape index (κ3) is 3.07. The van der Waals surface area contributed by atoms with Gasteiger partial charge in [0.15, 0.2) is 0 Å². The van der Waals surface area contributed by atoms with Crippen LogP contribution in [-0.2, 0) is 6.18 Å². The second-order valence-corrected chi connectivity index (χ2v) is 4.67. The number of hydrogen-bond acceptors (Lipinski definition) is 2. The molecule has 6 heteroatoms.